The molecule has 7 heteroatoms. The summed E-state index contributed by atoms with van der Waals surface area (Å²) in [6.45, 7) is 2.10. The SMILES string of the molecule is CCCC(=O)N1CCCC1C(=O)NCC(O)c1c(F)cccc1F. The van der Waals surface area contributed by atoms with E-state index in [1.165, 1.54) is 11.0 Å². The minimum Gasteiger partial charge on any atom is -0.386 e. The molecule has 0 saturated carbocycles. The van der Waals surface area contributed by atoms with Crippen LogP contribution in [0.25, 0.3) is 0 Å². The molecule has 5 nitrogen and oxygen atoms in total. The van der Waals surface area contributed by atoms with Crippen LogP contribution in [-0.2, 0) is 9.59 Å². The van der Waals surface area contributed by atoms with E-state index in [1.807, 2.05) is 6.92 Å². The van der Waals surface area contributed by atoms with Crippen LogP contribution in [0.5, 0.6) is 0 Å². The Morgan fingerprint density at radius 3 is 2.67 bits per heavy atom. The van der Waals surface area contributed by atoms with Gasteiger partial charge in [0.2, 0.25) is 11.8 Å². The number of nitrogens with zero attached hydrogens (tertiary/aromatic N) is 1. The summed E-state index contributed by atoms with van der Waals surface area (Å²) < 4.78 is 27.2. The monoisotopic (exact) mass is 340 g/mol. The van der Waals surface area contributed by atoms with E-state index in [0.717, 1.165) is 18.6 Å². The Bertz CT molecular complexity index is 589. The van der Waals surface area contributed by atoms with E-state index in [0.29, 0.717) is 25.8 Å². The number of benzene rings is 1. The molecule has 2 N–H and O–H groups in total. The van der Waals surface area contributed by atoms with Crippen LogP contribution in [-0.4, -0.2) is 41.0 Å². The third-order valence-corrected chi connectivity index (χ3v) is 4.14. The van der Waals surface area contributed by atoms with Crippen LogP contribution in [0.1, 0.15) is 44.3 Å². The van der Waals surface area contributed by atoms with E-state index in [1.54, 1.807) is 0 Å². The number of rotatable bonds is 6. The summed E-state index contributed by atoms with van der Waals surface area (Å²) in [4.78, 5) is 25.8. The van der Waals surface area contributed by atoms with Gasteiger partial charge in [0, 0.05) is 19.5 Å². The number of carbonyl (C=O) groups is 2. The van der Waals surface area contributed by atoms with Crippen molar-refractivity contribution < 1.29 is 23.5 Å². The summed E-state index contributed by atoms with van der Waals surface area (Å²) in [7, 11) is 0. The van der Waals surface area contributed by atoms with Crippen molar-refractivity contribution in [1.29, 1.82) is 0 Å². The number of halogens is 2. The zero-order valence-electron chi connectivity index (χ0n) is 13.6. The van der Waals surface area contributed by atoms with Crippen molar-refractivity contribution in [2.75, 3.05) is 13.1 Å². The first-order valence-corrected chi connectivity index (χ1v) is 8.14. The van der Waals surface area contributed by atoms with Gasteiger partial charge in [0.05, 0.1) is 5.56 Å². The van der Waals surface area contributed by atoms with Gasteiger partial charge in [-0.1, -0.05) is 13.0 Å². The average molecular weight is 340 g/mol. The van der Waals surface area contributed by atoms with Gasteiger partial charge >= 0.3 is 0 Å². The topological polar surface area (TPSA) is 69.6 Å². The van der Waals surface area contributed by atoms with Crippen molar-refractivity contribution in [3.05, 3.63) is 35.4 Å². The maximum atomic E-state index is 13.6. The normalized spacial score (nSPS) is 18.5. The van der Waals surface area contributed by atoms with Crippen LogP contribution in [0.3, 0.4) is 0 Å². The van der Waals surface area contributed by atoms with Crippen LogP contribution < -0.4 is 5.32 Å². The fourth-order valence-corrected chi connectivity index (χ4v) is 2.94. The van der Waals surface area contributed by atoms with Crippen LogP contribution in [0.2, 0.25) is 0 Å². The Morgan fingerprint density at radius 1 is 1.38 bits per heavy atom. The van der Waals surface area contributed by atoms with Gasteiger partial charge in [-0.2, -0.15) is 0 Å². The van der Waals surface area contributed by atoms with E-state index in [-0.39, 0.29) is 12.5 Å². The van der Waals surface area contributed by atoms with Crippen LogP contribution >= 0.6 is 0 Å². The predicted molar refractivity (Wildman–Crippen MR) is 84.0 cm³/mol. The molecule has 1 heterocycles. The van der Waals surface area contributed by atoms with Crippen LogP contribution in [0.15, 0.2) is 18.2 Å². The van der Waals surface area contributed by atoms with Crippen molar-refractivity contribution in [1.82, 2.24) is 10.2 Å². The van der Waals surface area contributed by atoms with Gasteiger partial charge in [0.25, 0.3) is 0 Å². The summed E-state index contributed by atoms with van der Waals surface area (Å²) in [5.74, 6) is -2.21. The number of carbonyl (C=O) groups excluding carboxylic acids is 2. The second kappa shape index (κ2) is 8.19. The lowest BCUT2D eigenvalue weighted by molar-refractivity contribution is -0.138. The highest BCUT2D eigenvalue weighted by Crippen LogP contribution is 2.21. The third kappa shape index (κ3) is 4.08. The molecule has 24 heavy (non-hydrogen) atoms. The molecule has 1 aromatic rings. The van der Waals surface area contributed by atoms with Crippen molar-refractivity contribution in [3.8, 4) is 0 Å². The smallest absolute Gasteiger partial charge is 0.242 e. The Morgan fingerprint density at radius 2 is 2.04 bits per heavy atom. The lowest BCUT2D eigenvalue weighted by Crippen LogP contribution is -2.46. The van der Waals surface area contributed by atoms with Crippen molar-refractivity contribution in [2.45, 2.75) is 44.8 Å². The molecule has 2 rings (SSSR count). The number of hydrogen-bond donors (Lipinski definition) is 2. The minimum absolute atomic E-state index is 0.0733. The fourth-order valence-electron chi connectivity index (χ4n) is 2.94. The maximum absolute atomic E-state index is 13.6. The molecule has 1 aliphatic heterocycles. The number of aliphatic hydroxyl groups is 1. The molecule has 1 saturated heterocycles. The molecule has 0 aromatic heterocycles. The first kappa shape index (κ1) is 18.3. The van der Waals surface area contributed by atoms with E-state index >= 15 is 0 Å². The minimum atomic E-state index is -1.49. The summed E-state index contributed by atoms with van der Waals surface area (Å²) in [5, 5.41) is 12.4. The highest BCUT2D eigenvalue weighted by atomic mass is 19.1. The van der Waals surface area contributed by atoms with Crippen molar-refractivity contribution in [2.24, 2.45) is 0 Å². The molecule has 2 amide bonds. The Labute approximate surface area is 139 Å². The quantitative estimate of drug-likeness (QED) is 0.831. The highest BCUT2D eigenvalue weighted by molar-refractivity contribution is 5.88. The zero-order valence-corrected chi connectivity index (χ0v) is 13.6. The second-order valence-electron chi connectivity index (χ2n) is 5.89. The predicted octanol–water partition coefficient (Wildman–Crippen LogP) is 1.91. The van der Waals surface area contributed by atoms with Gasteiger partial charge < -0.3 is 15.3 Å². The molecular formula is C17H22F2N2O3. The van der Waals surface area contributed by atoms with Gasteiger partial charge in [-0.15, -0.1) is 0 Å². The fraction of sp³-hybridized carbons (Fsp3) is 0.529. The standard InChI is InChI=1S/C17H22F2N2O3/c1-2-5-15(23)21-9-4-8-13(21)17(24)20-10-14(22)16-11(18)6-3-7-12(16)19/h3,6-7,13-14,22H,2,4-5,8-10H2,1H3,(H,20,24). The van der Waals surface area contributed by atoms with Crippen LogP contribution in [0.4, 0.5) is 8.78 Å². The van der Waals surface area contributed by atoms with Crippen molar-refractivity contribution >= 4 is 11.8 Å². The van der Waals surface area contributed by atoms with Gasteiger partial charge in [0.15, 0.2) is 0 Å². The number of hydrogen-bond acceptors (Lipinski definition) is 3. The van der Waals surface area contributed by atoms with E-state index < -0.39 is 35.3 Å². The highest BCUT2D eigenvalue weighted by Gasteiger charge is 2.33. The van der Waals surface area contributed by atoms with Crippen molar-refractivity contribution in [3.63, 3.8) is 0 Å². The molecule has 0 bridgehead atoms. The Balaban J connectivity index is 1.96. The van der Waals surface area contributed by atoms with Gasteiger partial charge in [-0.3, -0.25) is 9.59 Å². The average Bonchev–Trinajstić information content (AvgIpc) is 3.02. The summed E-state index contributed by atoms with van der Waals surface area (Å²) in [5.41, 5.74) is -0.469. The molecule has 2 atom stereocenters. The number of likely N-dealkylation sites (tertiary alicyclic amines) is 1. The molecule has 132 valence electrons. The second-order valence-corrected chi connectivity index (χ2v) is 5.89. The molecule has 2 unspecified atom stereocenters. The molecule has 1 fully saturated rings. The van der Waals surface area contributed by atoms with Gasteiger partial charge in [0.1, 0.15) is 23.8 Å². The van der Waals surface area contributed by atoms with Gasteiger partial charge in [-0.05, 0) is 31.4 Å². The third-order valence-electron chi connectivity index (χ3n) is 4.14. The van der Waals surface area contributed by atoms with Crippen LogP contribution in [0, 0.1) is 11.6 Å². The van der Waals surface area contributed by atoms with E-state index in [9.17, 15) is 23.5 Å². The molecular weight excluding hydrogens is 318 g/mol. The molecule has 0 spiro atoms. The molecule has 0 aliphatic carbocycles. The van der Waals surface area contributed by atoms with E-state index in [4.69, 9.17) is 0 Å². The number of aliphatic hydroxyl groups excluding tert-OH is 1. The summed E-state index contributed by atoms with van der Waals surface area (Å²) in [6, 6.07) is 2.72. The lowest BCUT2D eigenvalue weighted by Gasteiger charge is -2.24. The van der Waals surface area contributed by atoms with Gasteiger partial charge in [-0.25, -0.2) is 8.78 Å². The first-order valence-electron chi connectivity index (χ1n) is 8.14. The number of amides is 2. The summed E-state index contributed by atoms with van der Waals surface area (Å²) >= 11 is 0. The first-order chi connectivity index (χ1) is 11.5. The Kier molecular flexibility index (Phi) is 6.25. The number of nitrogens with one attached hydrogen (secondary N) is 1. The zero-order chi connectivity index (χ0) is 17.7. The lowest BCUT2D eigenvalue weighted by atomic mass is 10.1. The largest absolute Gasteiger partial charge is 0.386 e. The summed E-state index contributed by atoms with van der Waals surface area (Å²) in [6.07, 6.45) is 0.877. The molecule has 0 radical (unpaired) electrons. The molecule has 1 aliphatic rings. The Hall–Kier alpha value is -2.02. The maximum Gasteiger partial charge on any atom is 0.242 e. The van der Waals surface area contributed by atoms with E-state index in [2.05, 4.69) is 5.32 Å². The molecule has 1 aromatic carbocycles.